The van der Waals surface area contributed by atoms with Crippen molar-refractivity contribution in [2.24, 2.45) is 0 Å². The Hall–Kier alpha value is -3.87. The van der Waals surface area contributed by atoms with Gasteiger partial charge < -0.3 is 20.1 Å². The Morgan fingerprint density at radius 2 is 1.70 bits per heavy atom. The SMILES string of the molecule is COC(=O)COc1cccc(NC(=O)CCNC(=O)c2ccc3ccccc3c2)c1. The normalized spacial score (nSPS) is 10.3. The number of fused-ring (bicyclic) bond motifs is 1. The third-order valence-corrected chi connectivity index (χ3v) is 4.35. The van der Waals surface area contributed by atoms with E-state index in [1.165, 1.54) is 7.11 Å². The molecule has 7 heteroatoms. The van der Waals surface area contributed by atoms with Crippen molar-refractivity contribution in [2.75, 3.05) is 25.6 Å². The molecule has 0 aromatic heterocycles. The van der Waals surface area contributed by atoms with Crippen molar-refractivity contribution in [1.82, 2.24) is 5.32 Å². The van der Waals surface area contributed by atoms with Gasteiger partial charge in [0.05, 0.1) is 7.11 Å². The van der Waals surface area contributed by atoms with Gasteiger partial charge in [-0.15, -0.1) is 0 Å². The van der Waals surface area contributed by atoms with Crippen LogP contribution in [0.5, 0.6) is 5.75 Å². The van der Waals surface area contributed by atoms with E-state index >= 15 is 0 Å². The van der Waals surface area contributed by atoms with Crippen molar-refractivity contribution in [1.29, 1.82) is 0 Å². The summed E-state index contributed by atoms with van der Waals surface area (Å²) in [6.07, 6.45) is 0.118. The minimum atomic E-state index is -0.494. The van der Waals surface area contributed by atoms with Crippen LogP contribution in [0.15, 0.2) is 66.7 Å². The maximum atomic E-state index is 12.3. The predicted molar refractivity (Wildman–Crippen MR) is 113 cm³/mol. The zero-order valence-electron chi connectivity index (χ0n) is 16.5. The molecule has 0 radical (unpaired) electrons. The molecule has 2 N–H and O–H groups in total. The van der Waals surface area contributed by atoms with Gasteiger partial charge in [0.1, 0.15) is 5.75 Å². The number of anilines is 1. The molecule has 0 saturated carbocycles. The largest absolute Gasteiger partial charge is 0.482 e. The molecular weight excluding hydrogens is 384 g/mol. The second-order valence-electron chi connectivity index (χ2n) is 6.51. The molecule has 3 rings (SSSR count). The lowest BCUT2D eigenvalue weighted by Crippen LogP contribution is -2.27. The highest BCUT2D eigenvalue weighted by Gasteiger charge is 2.09. The maximum absolute atomic E-state index is 12.3. The minimum Gasteiger partial charge on any atom is -0.482 e. The van der Waals surface area contributed by atoms with Crippen LogP contribution < -0.4 is 15.4 Å². The Bertz CT molecular complexity index is 1060. The molecule has 3 aromatic carbocycles. The van der Waals surface area contributed by atoms with Gasteiger partial charge in [0, 0.05) is 30.3 Å². The molecule has 2 amide bonds. The molecule has 0 aliphatic rings. The first-order valence-corrected chi connectivity index (χ1v) is 9.41. The Balaban J connectivity index is 1.47. The second-order valence-corrected chi connectivity index (χ2v) is 6.51. The monoisotopic (exact) mass is 406 g/mol. The van der Waals surface area contributed by atoms with Gasteiger partial charge in [0.25, 0.3) is 5.91 Å². The number of esters is 1. The zero-order valence-corrected chi connectivity index (χ0v) is 16.5. The molecule has 0 aliphatic carbocycles. The molecule has 0 fully saturated rings. The van der Waals surface area contributed by atoms with Crippen LogP contribution in [0.4, 0.5) is 5.69 Å². The van der Waals surface area contributed by atoms with Crippen LogP contribution >= 0.6 is 0 Å². The highest BCUT2D eigenvalue weighted by molar-refractivity contribution is 5.99. The van der Waals surface area contributed by atoms with Crippen molar-refractivity contribution >= 4 is 34.2 Å². The molecule has 0 heterocycles. The summed E-state index contributed by atoms with van der Waals surface area (Å²) < 4.78 is 9.81. The van der Waals surface area contributed by atoms with Gasteiger partial charge in [-0.25, -0.2) is 4.79 Å². The summed E-state index contributed by atoms with van der Waals surface area (Å²) >= 11 is 0. The topological polar surface area (TPSA) is 93.7 Å². The summed E-state index contributed by atoms with van der Waals surface area (Å²) in [6, 6.07) is 20.0. The van der Waals surface area contributed by atoms with E-state index < -0.39 is 5.97 Å². The first-order chi connectivity index (χ1) is 14.5. The van der Waals surface area contributed by atoms with Crippen LogP contribution in [0.25, 0.3) is 10.8 Å². The lowest BCUT2D eigenvalue weighted by atomic mass is 10.1. The summed E-state index contributed by atoms with van der Waals surface area (Å²) in [7, 11) is 1.28. The van der Waals surface area contributed by atoms with Crippen LogP contribution in [0, 0.1) is 0 Å². The lowest BCUT2D eigenvalue weighted by Gasteiger charge is -2.09. The summed E-state index contributed by atoms with van der Waals surface area (Å²) in [5, 5.41) is 7.54. The van der Waals surface area contributed by atoms with E-state index in [2.05, 4.69) is 15.4 Å². The number of nitrogens with one attached hydrogen (secondary N) is 2. The number of rotatable bonds is 8. The van der Waals surface area contributed by atoms with E-state index in [0.29, 0.717) is 17.0 Å². The number of amides is 2. The zero-order chi connectivity index (χ0) is 21.3. The van der Waals surface area contributed by atoms with E-state index in [1.807, 2.05) is 36.4 Å². The summed E-state index contributed by atoms with van der Waals surface area (Å²) in [5.41, 5.74) is 1.08. The van der Waals surface area contributed by atoms with Crippen LogP contribution in [0.2, 0.25) is 0 Å². The van der Waals surface area contributed by atoms with Crippen molar-refractivity contribution in [3.8, 4) is 5.75 Å². The van der Waals surface area contributed by atoms with Gasteiger partial charge >= 0.3 is 5.97 Å². The van der Waals surface area contributed by atoms with Gasteiger partial charge in [0.2, 0.25) is 5.91 Å². The Kier molecular flexibility index (Phi) is 7.00. The van der Waals surface area contributed by atoms with Gasteiger partial charge in [-0.05, 0) is 35.0 Å². The molecule has 154 valence electrons. The number of methoxy groups -OCH3 is 1. The maximum Gasteiger partial charge on any atom is 0.343 e. The van der Waals surface area contributed by atoms with Crippen molar-refractivity contribution in [2.45, 2.75) is 6.42 Å². The average molecular weight is 406 g/mol. The number of carbonyl (C=O) groups is 3. The predicted octanol–water partition coefficient (Wildman–Crippen LogP) is 3.15. The summed E-state index contributed by atoms with van der Waals surface area (Å²) in [5.74, 6) is -0.542. The first-order valence-electron chi connectivity index (χ1n) is 9.41. The van der Waals surface area contributed by atoms with E-state index in [9.17, 15) is 14.4 Å². The third kappa shape index (κ3) is 5.81. The van der Waals surface area contributed by atoms with Crippen molar-refractivity contribution in [3.05, 3.63) is 72.3 Å². The fraction of sp³-hybridized carbons (Fsp3) is 0.174. The second kappa shape index (κ2) is 10.1. The van der Waals surface area contributed by atoms with Gasteiger partial charge in [-0.3, -0.25) is 9.59 Å². The van der Waals surface area contributed by atoms with E-state index in [0.717, 1.165) is 10.8 Å². The average Bonchev–Trinajstić information content (AvgIpc) is 2.77. The van der Waals surface area contributed by atoms with Crippen LogP contribution in [-0.4, -0.2) is 38.0 Å². The molecule has 30 heavy (non-hydrogen) atoms. The number of carbonyl (C=O) groups excluding carboxylic acids is 3. The Labute approximate surface area is 174 Å². The molecule has 0 spiro atoms. The van der Waals surface area contributed by atoms with E-state index in [4.69, 9.17) is 4.74 Å². The quantitative estimate of drug-likeness (QED) is 0.561. The van der Waals surface area contributed by atoms with Crippen molar-refractivity contribution in [3.63, 3.8) is 0 Å². The summed E-state index contributed by atoms with van der Waals surface area (Å²) in [4.78, 5) is 35.6. The minimum absolute atomic E-state index is 0.118. The molecule has 7 nitrogen and oxygen atoms in total. The smallest absolute Gasteiger partial charge is 0.343 e. The lowest BCUT2D eigenvalue weighted by molar-refractivity contribution is -0.142. The summed E-state index contributed by atoms with van der Waals surface area (Å²) in [6.45, 7) is -0.00920. The van der Waals surface area contributed by atoms with Crippen molar-refractivity contribution < 1.29 is 23.9 Å². The van der Waals surface area contributed by atoms with Crippen LogP contribution in [-0.2, 0) is 14.3 Å². The standard InChI is InChI=1S/C23H22N2O5/c1-29-22(27)15-30-20-8-4-7-19(14-20)25-21(26)11-12-24-23(28)18-10-9-16-5-2-3-6-17(16)13-18/h2-10,13-14H,11-12,15H2,1H3,(H,24,28)(H,25,26). The highest BCUT2D eigenvalue weighted by Crippen LogP contribution is 2.18. The third-order valence-electron chi connectivity index (χ3n) is 4.35. The Morgan fingerprint density at radius 3 is 2.50 bits per heavy atom. The number of benzene rings is 3. The number of hydrogen-bond donors (Lipinski definition) is 2. The van der Waals surface area contributed by atoms with Crippen LogP contribution in [0.3, 0.4) is 0 Å². The van der Waals surface area contributed by atoms with Gasteiger partial charge in [-0.1, -0.05) is 36.4 Å². The molecule has 0 saturated heterocycles. The highest BCUT2D eigenvalue weighted by atomic mass is 16.6. The van der Waals surface area contributed by atoms with Gasteiger partial charge in [-0.2, -0.15) is 0 Å². The molecular formula is C23H22N2O5. The van der Waals surface area contributed by atoms with E-state index in [-0.39, 0.29) is 31.4 Å². The van der Waals surface area contributed by atoms with E-state index in [1.54, 1.807) is 30.3 Å². The first kappa shape index (κ1) is 20.9. The fourth-order valence-electron chi connectivity index (χ4n) is 2.81. The molecule has 0 unspecified atom stereocenters. The van der Waals surface area contributed by atoms with Gasteiger partial charge in [0.15, 0.2) is 6.61 Å². The molecule has 0 atom stereocenters. The van der Waals surface area contributed by atoms with Crippen LogP contribution in [0.1, 0.15) is 16.8 Å². The molecule has 0 bridgehead atoms. The number of hydrogen-bond acceptors (Lipinski definition) is 5. The molecule has 0 aliphatic heterocycles. The Morgan fingerprint density at radius 1 is 0.900 bits per heavy atom. The molecule has 3 aromatic rings. The number of ether oxygens (including phenoxy) is 2. The fourth-order valence-corrected chi connectivity index (χ4v) is 2.81.